The van der Waals surface area contributed by atoms with Gasteiger partial charge >= 0.3 is 0 Å². The van der Waals surface area contributed by atoms with Crippen LogP contribution in [0.2, 0.25) is 0 Å². The predicted octanol–water partition coefficient (Wildman–Crippen LogP) is 3.12. The summed E-state index contributed by atoms with van der Waals surface area (Å²) in [5, 5.41) is 8.47. The van der Waals surface area contributed by atoms with Crippen molar-refractivity contribution in [3.63, 3.8) is 0 Å². The van der Waals surface area contributed by atoms with E-state index in [9.17, 15) is 0 Å². The van der Waals surface area contributed by atoms with Crippen LogP contribution in [0.3, 0.4) is 0 Å². The fourth-order valence-electron chi connectivity index (χ4n) is 2.27. The molecular formula is C10H17N. The maximum absolute atomic E-state index is 8.47. The van der Waals surface area contributed by atoms with E-state index in [1.807, 2.05) is 0 Å². The topological polar surface area (TPSA) is 23.8 Å². The van der Waals surface area contributed by atoms with Gasteiger partial charge in [0.2, 0.25) is 0 Å². The summed E-state index contributed by atoms with van der Waals surface area (Å²) in [6.45, 7) is 4.54. The molecule has 1 saturated carbocycles. The van der Waals surface area contributed by atoms with Crippen LogP contribution in [0.5, 0.6) is 0 Å². The van der Waals surface area contributed by atoms with Gasteiger partial charge in [-0.3, -0.25) is 0 Å². The average molecular weight is 151 g/mol. The Kier molecular flexibility index (Phi) is 2.54. The predicted molar refractivity (Wildman–Crippen MR) is 46.0 cm³/mol. The highest BCUT2D eigenvalue weighted by Gasteiger charge is 2.40. The van der Waals surface area contributed by atoms with Crippen LogP contribution in [0.15, 0.2) is 0 Å². The minimum atomic E-state index is 0.627. The number of nitriles is 1. The summed E-state index contributed by atoms with van der Waals surface area (Å²) in [5.41, 5.74) is 0.627. The van der Waals surface area contributed by atoms with Gasteiger partial charge in [-0.2, -0.15) is 5.26 Å². The molecule has 11 heavy (non-hydrogen) atoms. The SMILES string of the molecule is CCC1(CC)CC(CC#N)C1. The van der Waals surface area contributed by atoms with Crippen molar-refractivity contribution in [3.8, 4) is 6.07 Å². The van der Waals surface area contributed by atoms with E-state index in [0.29, 0.717) is 5.41 Å². The Hall–Kier alpha value is -0.510. The second kappa shape index (κ2) is 3.26. The summed E-state index contributed by atoms with van der Waals surface area (Å²) in [6.07, 6.45) is 5.97. The first-order valence-electron chi connectivity index (χ1n) is 4.63. The van der Waals surface area contributed by atoms with Crippen LogP contribution in [0.1, 0.15) is 46.0 Å². The molecule has 1 nitrogen and oxygen atoms in total. The van der Waals surface area contributed by atoms with E-state index in [1.165, 1.54) is 25.7 Å². The molecule has 0 aromatic carbocycles. The Labute approximate surface area is 69.4 Å². The largest absolute Gasteiger partial charge is 0.198 e. The Morgan fingerprint density at radius 3 is 2.27 bits per heavy atom. The summed E-state index contributed by atoms with van der Waals surface area (Å²) in [6, 6.07) is 2.26. The fraction of sp³-hybridized carbons (Fsp3) is 0.900. The van der Waals surface area contributed by atoms with Gasteiger partial charge in [0.25, 0.3) is 0 Å². The monoisotopic (exact) mass is 151 g/mol. The maximum Gasteiger partial charge on any atom is 0.0624 e. The number of nitrogens with zero attached hydrogens (tertiary/aromatic N) is 1. The van der Waals surface area contributed by atoms with Crippen molar-refractivity contribution >= 4 is 0 Å². The standard InChI is InChI=1S/C10H17N/c1-3-10(4-2)7-9(8-10)5-6-11/h9H,3-5,7-8H2,1-2H3. The highest BCUT2D eigenvalue weighted by Crippen LogP contribution is 2.51. The maximum atomic E-state index is 8.47. The highest BCUT2D eigenvalue weighted by atomic mass is 14.5. The van der Waals surface area contributed by atoms with Gasteiger partial charge in [0, 0.05) is 6.42 Å². The van der Waals surface area contributed by atoms with Crippen molar-refractivity contribution < 1.29 is 0 Å². The molecule has 0 radical (unpaired) electrons. The highest BCUT2D eigenvalue weighted by molar-refractivity contribution is 4.95. The van der Waals surface area contributed by atoms with E-state index in [4.69, 9.17) is 5.26 Å². The van der Waals surface area contributed by atoms with Gasteiger partial charge < -0.3 is 0 Å². The lowest BCUT2D eigenvalue weighted by Crippen LogP contribution is -2.35. The molecule has 1 rings (SSSR count). The molecule has 0 aromatic heterocycles. The molecule has 0 heterocycles. The van der Waals surface area contributed by atoms with Gasteiger partial charge in [-0.25, -0.2) is 0 Å². The summed E-state index contributed by atoms with van der Waals surface area (Å²) in [7, 11) is 0. The zero-order chi connectivity index (χ0) is 8.32. The Balaban J connectivity index is 2.31. The van der Waals surface area contributed by atoms with Crippen LogP contribution < -0.4 is 0 Å². The van der Waals surface area contributed by atoms with E-state index >= 15 is 0 Å². The van der Waals surface area contributed by atoms with Crippen LogP contribution in [0.25, 0.3) is 0 Å². The van der Waals surface area contributed by atoms with E-state index < -0.39 is 0 Å². The number of hydrogen-bond donors (Lipinski definition) is 0. The third-order valence-electron chi connectivity index (χ3n) is 3.32. The molecule has 0 N–H and O–H groups in total. The second-order valence-electron chi connectivity index (χ2n) is 3.84. The molecule has 0 amide bonds. The van der Waals surface area contributed by atoms with Crippen molar-refractivity contribution in [3.05, 3.63) is 0 Å². The van der Waals surface area contributed by atoms with E-state index in [2.05, 4.69) is 19.9 Å². The van der Waals surface area contributed by atoms with Gasteiger partial charge in [-0.1, -0.05) is 26.7 Å². The molecule has 0 spiro atoms. The van der Waals surface area contributed by atoms with Crippen LogP contribution >= 0.6 is 0 Å². The second-order valence-corrected chi connectivity index (χ2v) is 3.84. The summed E-state index contributed by atoms with van der Waals surface area (Å²) >= 11 is 0. The first-order valence-corrected chi connectivity index (χ1v) is 4.63. The van der Waals surface area contributed by atoms with Gasteiger partial charge in [0.05, 0.1) is 6.07 Å². The first-order chi connectivity index (χ1) is 5.26. The minimum Gasteiger partial charge on any atom is -0.198 e. The summed E-state index contributed by atoms with van der Waals surface area (Å²) in [5.74, 6) is 0.722. The van der Waals surface area contributed by atoms with Gasteiger partial charge in [-0.15, -0.1) is 0 Å². The zero-order valence-corrected chi connectivity index (χ0v) is 7.56. The smallest absolute Gasteiger partial charge is 0.0624 e. The van der Waals surface area contributed by atoms with Gasteiger partial charge in [0.1, 0.15) is 0 Å². The third-order valence-corrected chi connectivity index (χ3v) is 3.32. The van der Waals surface area contributed by atoms with E-state index in [-0.39, 0.29) is 0 Å². The third kappa shape index (κ3) is 1.56. The van der Waals surface area contributed by atoms with Crippen molar-refractivity contribution in [2.45, 2.75) is 46.0 Å². The van der Waals surface area contributed by atoms with Crippen molar-refractivity contribution in [1.29, 1.82) is 5.26 Å². The zero-order valence-electron chi connectivity index (χ0n) is 7.56. The van der Waals surface area contributed by atoms with Crippen molar-refractivity contribution in [1.82, 2.24) is 0 Å². The molecule has 1 fully saturated rings. The normalized spacial score (nSPS) is 22.3. The molecule has 0 atom stereocenters. The van der Waals surface area contributed by atoms with Crippen molar-refractivity contribution in [2.24, 2.45) is 11.3 Å². The van der Waals surface area contributed by atoms with Gasteiger partial charge in [-0.05, 0) is 24.2 Å². The molecule has 62 valence electrons. The molecule has 1 heteroatoms. The molecule has 0 unspecified atom stereocenters. The Bertz CT molecular complexity index is 154. The summed E-state index contributed by atoms with van der Waals surface area (Å²) < 4.78 is 0. The molecule has 0 aliphatic heterocycles. The lowest BCUT2D eigenvalue weighted by Gasteiger charge is -2.46. The first kappa shape index (κ1) is 8.59. The Morgan fingerprint density at radius 2 is 1.91 bits per heavy atom. The summed E-state index contributed by atoms with van der Waals surface area (Å²) in [4.78, 5) is 0. The number of hydrogen-bond acceptors (Lipinski definition) is 1. The van der Waals surface area contributed by atoms with Crippen LogP contribution in [0.4, 0.5) is 0 Å². The Morgan fingerprint density at radius 1 is 1.36 bits per heavy atom. The molecule has 0 aromatic rings. The lowest BCUT2D eigenvalue weighted by molar-refractivity contribution is 0.0485. The quantitative estimate of drug-likeness (QED) is 0.608. The molecule has 1 aliphatic carbocycles. The molecular weight excluding hydrogens is 134 g/mol. The van der Waals surface area contributed by atoms with Crippen LogP contribution in [0, 0.1) is 22.7 Å². The molecule has 0 saturated heterocycles. The minimum absolute atomic E-state index is 0.627. The number of rotatable bonds is 3. The van der Waals surface area contributed by atoms with Crippen molar-refractivity contribution in [2.75, 3.05) is 0 Å². The fourth-order valence-corrected chi connectivity index (χ4v) is 2.27. The van der Waals surface area contributed by atoms with Crippen LogP contribution in [-0.2, 0) is 0 Å². The van der Waals surface area contributed by atoms with E-state index in [0.717, 1.165) is 12.3 Å². The van der Waals surface area contributed by atoms with Crippen LogP contribution in [-0.4, -0.2) is 0 Å². The van der Waals surface area contributed by atoms with E-state index in [1.54, 1.807) is 0 Å². The average Bonchev–Trinajstić information content (AvgIpc) is 1.96. The lowest BCUT2D eigenvalue weighted by atomic mass is 9.58. The van der Waals surface area contributed by atoms with Gasteiger partial charge in [0.15, 0.2) is 0 Å². The molecule has 1 aliphatic rings. The molecule has 0 bridgehead atoms.